The molecule has 1 aliphatic heterocycles. The van der Waals surface area contributed by atoms with Crippen LogP contribution >= 0.6 is 38.9 Å². The Morgan fingerprint density at radius 3 is 2.76 bits per heavy atom. The minimum Gasteiger partial charge on any atom is -0.378 e. The van der Waals surface area contributed by atoms with Crippen molar-refractivity contribution >= 4 is 50.2 Å². The third kappa shape index (κ3) is 3.72. The quantitative estimate of drug-likeness (QED) is 0.829. The Bertz CT molecular complexity index is 594. The average Bonchev–Trinajstić information content (AvgIpc) is 2.85. The Kier molecular flexibility index (Phi) is 5.06. The van der Waals surface area contributed by atoms with E-state index in [1.54, 1.807) is 11.3 Å². The minimum absolute atomic E-state index is 0.775. The van der Waals surface area contributed by atoms with Crippen LogP contribution in [0.2, 0.25) is 4.34 Å². The van der Waals surface area contributed by atoms with Gasteiger partial charge < -0.3 is 15.0 Å². The van der Waals surface area contributed by atoms with E-state index in [4.69, 9.17) is 16.3 Å². The lowest BCUT2D eigenvalue weighted by molar-refractivity contribution is 0.123. The summed E-state index contributed by atoms with van der Waals surface area (Å²) in [5.41, 5.74) is 2.39. The van der Waals surface area contributed by atoms with E-state index in [-0.39, 0.29) is 0 Å². The fourth-order valence-corrected chi connectivity index (χ4v) is 4.09. The molecule has 1 saturated heterocycles. The number of anilines is 2. The first kappa shape index (κ1) is 15.2. The van der Waals surface area contributed by atoms with Gasteiger partial charge in [-0.2, -0.15) is 0 Å². The summed E-state index contributed by atoms with van der Waals surface area (Å²) in [5, 5.41) is 3.52. The zero-order valence-electron chi connectivity index (χ0n) is 11.4. The fourth-order valence-electron chi connectivity index (χ4n) is 2.36. The van der Waals surface area contributed by atoms with E-state index < -0.39 is 0 Å². The van der Waals surface area contributed by atoms with Crippen LogP contribution in [0.15, 0.2) is 34.8 Å². The predicted molar refractivity (Wildman–Crippen MR) is 93.8 cm³/mol. The second-order valence-electron chi connectivity index (χ2n) is 4.80. The molecular formula is C15H16BrClN2OS. The highest BCUT2D eigenvalue weighted by Gasteiger charge is 2.14. The van der Waals surface area contributed by atoms with E-state index in [0.717, 1.165) is 47.3 Å². The molecule has 1 aromatic carbocycles. The van der Waals surface area contributed by atoms with E-state index >= 15 is 0 Å². The summed E-state index contributed by atoms with van der Waals surface area (Å²) >= 11 is 11.1. The van der Waals surface area contributed by atoms with E-state index in [0.29, 0.717) is 0 Å². The number of morpholine rings is 1. The second-order valence-corrected chi connectivity index (χ2v) is 7.40. The highest BCUT2D eigenvalue weighted by molar-refractivity contribution is 9.10. The van der Waals surface area contributed by atoms with Crippen molar-refractivity contribution in [2.75, 3.05) is 36.5 Å². The number of hydrogen-bond donors (Lipinski definition) is 1. The Hall–Kier alpha value is -0.750. The molecule has 3 nitrogen and oxygen atoms in total. The van der Waals surface area contributed by atoms with Crippen molar-refractivity contribution in [2.45, 2.75) is 6.54 Å². The second kappa shape index (κ2) is 7.01. The van der Waals surface area contributed by atoms with Crippen LogP contribution in [-0.2, 0) is 11.3 Å². The van der Waals surface area contributed by atoms with Gasteiger partial charge in [0.2, 0.25) is 0 Å². The van der Waals surface area contributed by atoms with Gasteiger partial charge in [0.25, 0.3) is 0 Å². The number of nitrogens with one attached hydrogen (secondary N) is 1. The van der Waals surface area contributed by atoms with Gasteiger partial charge in [0.05, 0.1) is 24.6 Å². The summed E-state index contributed by atoms with van der Waals surface area (Å²) in [6, 6.07) is 10.5. The largest absolute Gasteiger partial charge is 0.378 e. The molecule has 2 aromatic rings. The molecule has 1 aliphatic rings. The standard InChI is InChI=1S/C15H16BrClN2OS/c16-12-9-11(21-15(12)17)10-18-13-3-1-2-4-14(13)19-5-7-20-8-6-19/h1-4,9,18H,5-8,10H2. The van der Waals surface area contributed by atoms with E-state index in [1.165, 1.54) is 10.6 Å². The van der Waals surface area contributed by atoms with Gasteiger partial charge in [-0.05, 0) is 34.1 Å². The van der Waals surface area contributed by atoms with Crippen molar-refractivity contribution in [3.8, 4) is 0 Å². The van der Waals surface area contributed by atoms with Crippen molar-refractivity contribution < 1.29 is 4.74 Å². The van der Waals surface area contributed by atoms with Crippen molar-refractivity contribution in [3.63, 3.8) is 0 Å². The maximum atomic E-state index is 6.09. The van der Waals surface area contributed by atoms with E-state index in [1.807, 2.05) is 0 Å². The smallest absolute Gasteiger partial charge is 0.107 e. The molecule has 0 bridgehead atoms. The van der Waals surface area contributed by atoms with Crippen LogP contribution in [0.5, 0.6) is 0 Å². The monoisotopic (exact) mass is 386 g/mol. The first-order valence-electron chi connectivity index (χ1n) is 6.83. The number of halogens is 2. The number of para-hydroxylation sites is 2. The molecule has 0 unspecified atom stereocenters. The molecule has 21 heavy (non-hydrogen) atoms. The summed E-state index contributed by atoms with van der Waals surface area (Å²) in [6.07, 6.45) is 0. The van der Waals surface area contributed by atoms with Gasteiger partial charge in [-0.3, -0.25) is 0 Å². The number of hydrogen-bond acceptors (Lipinski definition) is 4. The van der Waals surface area contributed by atoms with Crippen LogP contribution in [0.4, 0.5) is 11.4 Å². The normalized spacial score (nSPS) is 15.2. The number of benzene rings is 1. The molecule has 1 aromatic heterocycles. The molecule has 2 heterocycles. The molecule has 0 atom stereocenters. The zero-order valence-corrected chi connectivity index (χ0v) is 14.6. The lowest BCUT2D eigenvalue weighted by Crippen LogP contribution is -2.36. The van der Waals surface area contributed by atoms with Crippen LogP contribution in [0.1, 0.15) is 4.88 Å². The summed E-state index contributed by atoms with van der Waals surface area (Å²) < 4.78 is 7.19. The van der Waals surface area contributed by atoms with Crippen molar-refractivity contribution in [2.24, 2.45) is 0 Å². The number of nitrogens with zero attached hydrogens (tertiary/aromatic N) is 1. The first-order valence-corrected chi connectivity index (χ1v) is 8.82. The molecule has 112 valence electrons. The number of thiophene rings is 1. The van der Waals surface area contributed by atoms with Gasteiger partial charge in [-0.15, -0.1) is 11.3 Å². The highest BCUT2D eigenvalue weighted by Crippen LogP contribution is 2.33. The summed E-state index contributed by atoms with van der Waals surface area (Å²) in [5.74, 6) is 0. The predicted octanol–water partition coefficient (Wildman–Crippen LogP) is 4.61. The van der Waals surface area contributed by atoms with Gasteiger partial charge in [0.15, 0.2) is 0 Å². The number of ether oxygens (including phenoxy) is 1. The molecule has 0 aliphatic carbocycles. The average molecular weight is 388 g/mol. The van der Waals surface area contributed by atoms with E-state index in [2.05, 4.69) is 56.5 Å². The summed E-state index contributed by atoms with van der Waals surface area (Å²) in [4.78, 5) is 3.58. The topological polar surface area (TPSA) is 24.5 Å². The van der Waals surface area contributed by atoms with Crippen molar-refractivity contribution in [3.05, 3.63) is 44.0 Å². The van der Waals surface area contributed by atoms with Crippen LogP contribution in [0.25, 0.3) is 0 Å². The molecule has 1 fully saturated rings. The van der Waals surface area contributed by atoms with Gasteiger partial charge in [-0.25, -0.2) is 0 Å². The first-order chi connectivity index (χ1) is 10.2. The Morgan fingerprint density at radius 2 is 2.05 bits per heavy atom. The van der Waals surface area contributed by atoms with Gasteiger partial charge in [0, 0.05) is 29.0 Å². The summed E-state index contributed by atoms with van der Waals surface area (Å²) in [7, 11) is 0. The Labute approximate surface area is 142 Å². The lowest BCUT2D eigenvalue weighted by Gasteiger charge is -2.30. The molecule has 3 rings (SSSR count). The third-order valence-corrected chi connectivity index (χ3v) is 5.88. The van der Waals surface area contributed by atoms with Gasteiger partial charge in [0.1, 0.15) is 4.34 Å². The third-order valence-electron chi connectivity index (χ3n) is 3.41. The maximum Gasteiger partial charge on any atom is 0.107 e. The molecular weight excluding hydrogens is 372 g/mol. The van der Waals surface area contributed by atoms with Gasteiger partial charge in [-0.1, -0.05) is 23.7 Å². The van der Waals surface area contributed by atoms with Crippen LogP contribution in [-0.4, -0.2) is 26.3 Å². The fraction of sp³-hybridized carbons (Fsp3) is 0.333. The molecule has 0 saturated carbocycles. The van der Waals surface area contributed by atoms with Gasteiger partial charge >= 0.3 is 0 Å². The number of rotatable bonds is 4. The Morgan fingerprint density at radius 1 is 1.29 bits per heavy atom. The van der Waals surface area contributed by atoms with Crippen molar-refractivity contribution in [1.82, 2.24) is 0 Å². The highest BCUT2D eigenvalue weighted by atomic mass is 79.9. The van der Waals surface area contributed by atoms with Crippen LogP contribution < -0.4 is 10.2 Å². The summed E-state index contributed by atoms with van der Waals surface area (Å²) in [6.45, 7) is 4.24. The molecule has 0 amide bonds. The van der Waals surface area contributed by atoms with E-state index in [9.17, 15) is 0 Å². The molecule has 1 N–H and O–H groups in total. The SMILES string of the molecule is Clc1sc(CNc2ccccc2N2CCOCC2)cc1Br. The lowest BCUT2D eigenvalue weighted by atomic mass is 10.2. The van der Waals surface area contributed by atoms with Crippen molar-refractivity contribution in [1.29, 1.82) is 0 Å². The minimum atomic E-state index is 0.775. The molecule has 0 radical (unpaired) electrons. The Balaban J connectivity index is 1.72. The molecule has 6 heteroatoms. The van der Waals surface area contributed by atoms with Crippen LogP contribution in [0.3, 0.4) is 0 Å². The molecule has 0 spiro atoms. The maximum absolute atomic E-state index is 6.09. The van der Waals surface area contributed by atoms with Crippen LogP contribution in [0, 0.1) is 0 Å². The zero-order chi connectivity index (χ0) is 14.7.